The second-order valence-corrected chi connectivity index (χ2v) is 14.5. The minimum Gasteiger partial charge on any atom is -0.399 e. The van der Waals surface area contributed by atoms with Crippen LogP contribution in [-0.2, 0) is 0 Å². The molecule has 2 aromatic rings. The van der Waals surface area contributed by atoms with Gasteiger partial charge in [0.05, 0.1) is 0 Å². The summed E-state index contributed by atoms with van der Waals surface area (Å²) in [5.74, 6) is -3.39. The van der Waals surface area contributed by atoms with Crippen LogP contribution in [0.5, 0.6) is 5.75 Å². The molecule has 0 unspecified atom stereocenters. The quantitative estimate of drug-likeness (QED) is 0.238. The normalized spacial score (nSPS) is 24.7. The highest BCUT2D eigenvalue weighted by Gasteiger charge is 2.34. The Bertz CT molecular complexity index is 1020. The van der Waals surface area contributed by atoms with Gasteiger partial charge in [0.25, 0.3) is 0 Å². The molecule has 1 aliphatic heterocycles. The number of alkyl halides is 3. The van der Waals surface area contributed by atoms with Gasteiger partial charge in [-0.3, -0.25) is 0 Å². The molecule has 2 aromatic carbocycles. The zero-order valence-electron chi connectivity index (χ0n) is 21.4. The average Bonchev–Trinajstić information content (AvgIpc) is 2.85. The second-order valence-electron chi connectivity index (χ2n) is 11.0. The molecular weight excluding hydrogens is 506 g/mol. The number of hydrogen-bond donors (Lipinski definition) is 0. The van der Waals surface area contributed by atoms with E-state index in [1.807, 2.05) is 0 Å². The predicted molar refractivity (Wildman–Crippen MR) is 137 cm³/mol. The molecule has 1 heterocycles. The van der Waals surface area contributed by atoms with Crippen molar-refractivity contribution in [1.82, 2.24) is 0 Å². The Morgan fingerprint density at radius 1 is 0.811 bits per heavy atom. The Morgan fingerprint density at radius 3 is 1.95 bits per heavy atom. The van der Waals surface area contributed by atoms with E-state index in [1.54, 1.807) is 6.07 Å². The fourth-order valence-corrected chi connectivity index (χ4v) is 9.99. The van der Waals surface area contributed by atoms with Gasteiger partial charge in [-0.1, -0.05) is 69.3 Å². The van der Waals surface area contributed by atoms with E-state index in [4.69, 9.17) is 0 Å². The fourth-order valence-electron chi connectivity index (χ4n) is 6.42. The lowest BCUT2D eigenvalue weighted by atomic mass is 9.76. The van der Waals surface area contributed by atoms with Crippen molar-refractivity contribution in [2.24, 2.45) is 11.8 Å². The fraction of sp³-hybridized carbons (Fsp3) is 0.586. The maximum Gasteiger partial charge on any atom is 0.573 e. The number of rotatable bonds is 8. The molecule has 2 fully saturated rings. The van der Waals surface area contributed by atoms with Gasteiger partial charge in [0, 0.05) is 14.4 Å². The minimum absolute atomic E-state index is 0.0643. The summed E-state index contributed by atoms with van der Waals surface area (Å²) in [7, 11) is -0.425. The van der Waals surface area contributed by atoms with E-state index in [9.17, 15) is 26.3 Å². The molecule has 0 spiro atoms. The van der Waals surface area contributed by atoms with Crippen LogP contribution in [0.1, 0.15) is 76.2 Å². The zero-order chi connectivity index (χ0) is 26.6. The third kappa shape index (κ3) is 7.55. The van der Waals surface area contributed by atoms with Crippen molar-refractivity contribution in [3.8, 4) is 16.9 Å². The summed E-state index contributed by atoms with van der Waals surface area (Å²) in [5, 5.41) is 0. The first-order chi connectivity index (χ1) is 17.6. The SMILES string of the molecule is CCC[Si@H]1CC[C@H](CCC2CCC(c3ccc(-c4cc(F)c(OC(F)(F)F)c(F)c4)c(F)c3)CC2)CC1. The molecule has 204 valence electrons. The molecule has 1 saturated carbocycles. The van der Waals surface area contributed by atoms with Crippen molar-refractivity contribution < 1.29 is 31.1 Å². The lowest BCUT2D eigenvalue weighted by molar-refractivity contribution is -0.276. The van der Waals surface area contributed by atoms with E-state index in [2.05, 4.69) is 11.7 Å². The summed E-state index contributed by atoms with van der Waals surface area (Å²) >= 11 is 0. The van der Waals surface area contributed by atoms with E-state index in [0.29, 0.717) is 12.1 Å². The number of halogens is 6. The predicted octanol–water partition coefficient (Wildman–Crippen LogP) is 9.77. The third-order valence-electron chi connectivity index (χ3n) is 8.48. The largest absolute Gasteiger partial charge is 0.573 e. The van der Waals surface area contributed by atoms with E-state index >= 15 is 0 Å². The van der Waals surface area contributed by atoms with E-state index < -0.39 is 38.4 Å². The summed E-state index contributed by atoms with van der Waals surface area (Å²) in [5.41, 5.74) is 0.617. The first kappa shape index (κ1) is 28.1. The van der Waals surface area contributed by atoms with Gasteiger partial charge in [0.15, 0.2) is 11.6 Å². The van der Waals surface area contributed by atoms with Crippen LogP contribution in [0, 0.1) is 29.3 Å². The van der Waals surface area contributed by atoms with E-state index in [-0.39, 0.29) is 17.0 Å². The Hall–Kier alpha value is -1.96. The van der Waals surface area contributed by atoms with Crippen molar-refractivity contribution in [2.75, 3.05) is 0 Å². The van der Waals surface area contributed by atoms with Gasteiger partial charge < -0.3 is 4.74 Å². The van der Waals surface area contributed by atoms with Crippen LogP contribution < -0.4 is 4.74 Å². The van der Waals surface area contributed by atoms with Crippen molar-refractivity contribution in [3.63, 3.8) is 0 Å². The molecule has 0 atom stereocenters. The Balaban J connectivity index is 1.31. The summed E-state index contributed by atoms with van der Waals surface area (Å²) < 4.78 is 83.7. The summed E-state index contributed by atoms with van der Waals surface area (Å²) in [4.78, 5) is 0. The maximum absolute atomic E-state index is 15.0. The van der Waals surface area contributed by atoms with Gasteiger partial charge in [-0.15, -0.1) is 13.2 Å². The maximum atomic E-state index is 15.0. The zero-order valence-corrected chi connectivity index (χ0v) is 22.5. The molecule has 1 nitrogen and oxygen atoms in total. The van der Waals surface area contributed by atoms with Crippen LogP contribution in [0.15, 0.2) is 30.3 Å². The summed E-state index contributed by atoms with van der Waals surface area (Å²) in [6.45, 7) is 2.30. The average molecular weight is 543 g/mol. The van der Waals surface area contributed by atoms with Crippen LogP contribution in [0.3, 0.4) is 0 Å². The standard InChI is InChI=1S/C29H36F6OSi/c1-2-13-37-14-11-20(12-15-37)4-3-19-5-7-21(8-6-19)22-9-10-24(25(30)16-22)23-17-26(31)28(27(32)18-23)36-29(33,34)35/h9-10,16-21,37H,2-8,11-15H2,1H3/t19?,20-,21?,37-. The highest BCUT2D eigenvalue weighted by Crippen LogP contribution is 2.41. The van der Waals surface area contributed by atoms with E-state index in [0.717, 1.165) is 43.1 Å². The third-order valence-corrected chi connectivity index (χ3v) is 12.2. The number of hydrogen-bond acceptors (Lipinski definition) is 1. The molecule has 1 saturated heterocycles. The molecule has 0 amide bonds. The molecule has 1 aliphatic carbocycles. The van der Waals surface area contributed by atoms with Crippen molar-refractivity contribution in [2.45, 2.75) is 95.1 Å². The topological polar surface area (TPSA) is 9.23 Å². The minimum atomic E-state index is -5.23. The van der Waals surface area contributed by atoms with Gasteiger partial charge in [-0.2, -0.15) is 0 Å². The van der Waals surface area contributed by atoms with Crippen molar-refractivity contribution in [3.05, 3.63) is 53.3 Å². The highest BCUT2D eigenvalue weighted by atomic mass is 28.3. The highest BCUT2D eigenvalue weighted by molar-refractivity contribution is 6.58. The van der Waals surface area contributed by atoms with E-state index in [1.165, 1.54) is 62.4 Å². The summed E-state index contributed by atoms with van der Waals surface area (Å²) in [6.07, 6.45) is 5.86. The Morgan fingerprint density at radius 2 is 1.41 bits per heavy atom. The molecule has 4 rings (SSSR count). The van der Waals surface area contributed by atoms with Gasteiger partial charge in [-0.05, 0) is 72.8 Å². The molecule has 37 heavy (non-hydrogen) atoms. The molecule has 0 N–H and O–H groups in total. The van der Waals surface area contributed by atoms with Crippen LogP contribution in [-0.4, -0.2) is 15.2 Å². The smallest absolute Gasteiger partial charge is 0.399 e. The first-order valence-electron chi connectivity index (χ1n) is 13.7. The molecule has 0 aromatic heterocycles. The van der Waals surface area contributed by atoms with Crippen LogP contribution in [0.4, 0.5) is 26.3 Å². The lowest BCUT2D eigenvalue weighted by Crippen LogP contribution is -2.22. The van der Waals surface area contributed by atoms with Crippen LogP contribution in [0.2, 0.25) is 18.1 Å². The molecule has 0 bridgehead atoms. The molecule has 8 heteroatoms. The summed E-state index contributed by atoms with van der Waals surface area (Å²) in [6, 6.07) is 10.5. The second kappa shape index (κ2) is 12.3. The van der Waals surface area contributed by atoms with Gasteiger partial charge in [0.1, 0.15) is 5.82 Å². The van der Waals surface area contributed by atoms with Crippen LogP contribution >= 0.6 is 0 Å². The van der Waals surface area contributed by atoms with Gasteiger partial charge >= 0.3 is 6.36 Å². The first-order valence-corrected chi connectivity index (χ1v) is 16.1. The number of ether oxygens (including phenoxy) is 1. The van der Waals surface area contributed by atoms with Crippen molar-refractivity contribution in [1.29, 1.82) is 0 Å². The number of benzene rings is 2. The van der Waals surface area contributed by atoms with Crippen LogP contribution in [0.25, 0.3) is 11.1 Å². The van der Waals surface area contributed by atoms with Gasteiger partial charge in [-0.25, -0.2) is 13.2 Å². The molecular formula is C29H36F6OSi. The molecule has 0 radical (unpaired) electrons. The lowest BCUT2D eigenvalue weighted by Gasteiger charge is -2.32. The van der Waals surface area contributed by atoms with Gasteiger partial charge in [0.2, 0.25) is 5.75 Å². The van der Waals surface area contributed by atoms with Crippen molar-refractivity contribution >= 4 is 8.80 Å². The monoisotopic (exact) mass is 542 g/mol. The Kier molecular flexibility index (Phi) is 9.30. The molecule has 2 aliphatic rings. The Labute approximate surface area is 217 Å².